The molecular weight excluding hydrogens is 252 g/mol. The van der Waals surface area contributed by atoms with Crippen LogP contribution in [0.1, 0.15) is 39.0 Å². The number of unbranched alkanes of at least 4 members (excludes halogenated alkanes) is 4. The first-order valence-electron chi connectivity index (χ1n) is 6.96. The summed E-state index contributed by atoms with van der Waals surface area (Å²) in [5, 5.41) is 46.3. The Morgan fingerprint density at radius 2 is 1.42 bits per heavy atom. The van der Waals surface area contributed by atoms with Gasteiger partial charge in [-0.05, 0) is 6.42 Å². The fraction of sp³-hybridized carbons (Fsp3) is 1.00. The molecule has 0 heterocycles. The van der Waals surface area contributed by atoms with E-state index in [-0.39, 0.29) is 0 Å². The molecule has 0 unspecified atom stereocenters. The molecule has 5 N–H and O–H groups in total. The molecule has 0 bridgehead atoms. The highest BCUT2D eigenvalue weighted by Crippen LogP contribution is 2.11. The Balaban J connectivity index is 4.07. The summed E-state index contributed by atoms with van der Waals surface area (Å²) in [6.45, 7) is 1.25. The molecule has 4 atom stereocenters. The Hall–Kier alpha value is -0.240. The van der Waals surface area contributed by atoms with Crippen molar-refractivity contribution in [2.45, 2.75) is 63.4 Å². The minimum Gasteiger partial charge on any atom is -0.394 e. The zero-order valence-electron chi connectivity index (χ0n) is 11.6. The van der Waals surface area contributed by atoms with Gasteiger partial charge >= 0.3 is 0 Å². The van der Waals surface area contributed by atoms with Crippen LogP contribution in [0.4, 0.5) is 0 Å². The molecule has 0 rings (SSSR count). The molecule has 0 amide bonds. The molecule has 0 saturated carbocycles. The molecule has 0 saturated heterocycles. The lowest BCUT2D eigenvalue weighted by Gasteiger charge is -2.29. The molecule has 0 aliphatic rings. The second kappa shape index (κ2) is 11.6. The predicted molar refractivity (Wildman–Crippen MR) is 70.7 cm³/mol. The van der Waals surface area contributed by atoms with Crippen LogP contribution < -0.4 is 0 Å². The highest BCUT2D eigenvalue weighted by molar-refractivity contribution is 4.81. The summed E-state index contributed by atoms with van der Waals surface area (Å²) in [7, 11) is 0. The van der Waals surface area contributed by atoms with Crippen molar-refractivity contribution in [1.82, 2.24) is 0 Å². The average Bonchev–Trinajstić information content (AvgIpc) is 2.44. The van der Waals surface area contributed by atoms with Crippen LogP contribution in [0.15, 0.2) is 0 Å². The highest BCUT2D eigenvalue weighted by Gasteiger charge is 2.32. The van der Waals surface area contributed by atoms with Crippen molar-refractivity contribution in [1.29, 1.82) is 0 Å². The Morgan fingerprint density at radius 1 is 0.842 bits per heavy atom. The molecular formula is C13H28O6. The van der Waals surface area contributed by atoms with Crippen molar-refractivity contribution in [3.8, 4) is 0 Å². The van der Waals surface area contributed by atoms with E-state index in [1.165, 1.54) is 0 Å². The number of hydrogen-bond donors (Lipinski definition) is 5. The second-order valence-electron chi connectivity index (χ2n) is 4.74. The zero-order chi connectivity index (χ0) is 14.7. The van der Waals surface area contributed by atoms with Crippen LogP contribution in [0, 0.1) is 0 Å². The fourth-order valence-electron chi connectivity index (χ4n) is 1.79. The second-order valence-corrected chi connectivity index (χ2v) is 4.74. The van der Waals surface area contributed by atoms with Crippen LogP contribution in [0.5, 0.6) is 0 Å². The van der Waals surface area contributed by atoms with Crippen LogP contribution >= 0.6 is 0 Å². The monoisotopic (exact) mass is 280 g/mol. The summed E-state index contributed by atoms with van der Waals surface area (Å²) in [5.41, 5.74) is 0. The van der Waals surface area contributed by atoms with Crippen molar-refractivity contribution in [3.05, 3.63) is 0 Å². The van der Waals surface area contributed by atoms with E-state index in [4.69, 9.17) is 14.9 Å². The first-order valence-corrected chi connectivity index (χ1v) is 6.96. The van der Waals surface area contributed by atoms with Gasteiger partial charge in [0.1, 0.15) is 24.4 Å². The lowest BCUT2D eigenvalue weighted by Crippen LogP contribution is -2.48. The molecule has 0 aromatic rings. The Bertz CT molecular complexity index is 202. The Morgan fingerprint density at radius 3 is 1.95 bits per heavy atom. The van der Waals surface area contributed by atoms with E-state index in [1.54, 1.807) is 0 Å². The molecule has 6 nitrogen and oxygen atoms in total. The Kier molecular flexibility index (Phi) is 11.4. The lowest BCUT2D eigenvalue weighted by molar-refractivity contribution is -0.149. The van der Waals surface area contributed by atoms with E-state index in [0.717, 1.165) is 32.1 Å². The summed E-state index contributed by atoms with van der Waals surface area (Å²) in [4.78, 5) is 0. The summed E-state index contributed by atoms with van der Waals surface area (Å²) in [5.74, 6) is 0. The summed E-state index contributed by atoms with van der Waals surface area (Å²) in [6.07, 6.45) is -0.0120. The minimum atomic E-state index is -1.43. The largest absolute Gasteiger partial charge is 0.394 e. The molecule has 19 heavy (non-hydrogen) atoms. The van der Waals surface area contributed by atoms with Gasteiger partial charge in [-0.25, -0.2) is 0 Å². The smallest absolute Gasteiger partial charge is 0.114 e. The molecule has 0 aromatic heterocycles. The van der Waals surface area contributed by atoms with E-state index in [1.807, 2.05) is 0 Å². The Labute approximate surface area is 114 Å². The van der Waals surface area contributed by atoms with E-state index in [2.05, 4.69) is 6.92 Å². The highest BCUT2D eigenvalue weighted by atomic mass is 16.5. The molecule has 6 heteroatoms. The van der Waals surface area contributed by atoms with Gasteiger partial charge in [-0.2, -0.15) is 0 Å². The standard InChI is InChI=1S/C13H28O6/c1-2-3-4-5-6-7-19-13(11(17)9-15)12(18)10(16)8-14/h10-18H,2-9H2,1H3/t10-,11-,12-,13-/m0/s1. The number of aliphatic hydroxyl groups excluding tert-OH is 5. The van der Waals surface area contributed by atoms with Gasteiger partial charge in [-0.3, -0.25) is 0 Å². The molecule has 116 valence electrons. The molecule has 0 aromatic carbocycles. The van der Waals surface area contributed by atoms with Crippen molar-refractivity contribution in [2.24, 2.45) is 0 Å². The quantitative estimate of drug-likeness (QED) is 0.306. The first kappa shape index (κ1) is 18.8. The van der Waals surface area contributed by atoms with E-state index in [9.17, 15) is 15.3 Å². The fourth-order valence-corrected chi connectivity index (χ4v) is 1.79. The van der Waals surface area contributed by atoms with Gasteiger partial charge < -0.3 is 30.3 Å². The number of rotatable bonds is 12. The maximum atomic E-state index is 9.71. The average molecular weight is 280 g/mol. The maximum absolute atomic E-state index is 9.71. The van der Waals surface area contributed by atoms with Crippen molar-refractivity contribution >= 4 is 0 Å². The normalized spacial score (nSPS) is 18.0. The first-order chi connectivity index (χ1) is 9.08. The summed E-state index contributed by atoms with van der Waals surface area (Å²) >= 11 is 0. The summed E-state index contributed by atoms with van der Waals surface area (Å²) in [6, 6.07) is 0. The van der Waals surface area contributed by atoms with Gasteiger partial charge in [0.05, 0.1) is 13.2 Å². The molecule has 0 aliphatic heterocycles. The minimum absolute atomic E-state index is 0.334. The van der Waals surface area contributed by atoms with E-state index in [0.29, 0.717) is 6.61 Å². The topological polar surface area (TPSA) is 110 Å². The van der Waals surface area contributed by atoms with Crippen LogP contribution in [0.25, 0.3) is 0 Å². The van der Waals surface area contributed by atoms with Crippen LogP contribution in [-0.4, -0.2) is 69.8 Å². The molecule has 0 aliphatic carbocycles. The van der Waals surface area contributed by atoms with Crippen LogP contribution in [0.2, 0.25) is 0 Å². The predicted octanol–water partition coefficient (Wildman–Crippen LogP) is -0.591. The van der Waals surface area contributed by atoms with E-state index < -0.39 is 37.6 Å². The van der Waals surface area contributed by atoms with Crippen molar-refractivity contribution in [3.63, 3.8) is 0 Å². The number of ether oxygens (including phenoxy) is 1. The third-order valence-electron chi connectivity index (χ3n) is 3.04. The third kappa shape index (κ3) is 7.81. The van der Waals surface area contributed by atoms with Gasteiger partial charge in [0, 0.05) is 6.61 Å². The lowest BCUT2D eigenvalue weighted by atomic mass is 10.0. The molecule has 0 fully saturated rings. The number of hydrogen-bond acceptors (Lipinski definition) is 6. The SMILES string of the molecule is CCCCCCCO[C@H]([C@@H](O)[C@@H](O)CO)[C@@H](O)CO. The summed E-state index contributed by atoms with van der Waals surface area (Å²) < 4.78 is 5.33. The van der Waals surface area contributed by atoms with Crippen molar-refractivity contribution in [2.75, 3.05) is 19.8 Å². The van der Waals surface area contributed by atoms with Gasteiger partial charge in [0.2, 0.25) is 0 Å². The van der Waals surface area contributed by atoms with Gasteiger partial charge in [-0.1, -0.05) is 32.6 Å². The molecule has 0 radical (unpaired) electrons. The van der Waals surface area contributed by atoms with Gasteiger partial charge in [0.15, 0.2) is 0 Å². The maximum Gasteiger partial charge on any atom is 0.114 e. The van der Waals surface area contributed by atoms with Crippen molar-refractivity contribution < 1.29 is 30.3 Å². The molecule has 0 spiro atoms. The number of aliphatic hydroxyl groups is 5. The van der Waals surface area contributed by atoms with E-state index >= 15 is 0 Å². The van der Waals surface area contributed by atoms with Gasteiger partial charge in [-0.15, -0.1) is 0 Å². The van der Waals surface area contributed by atoms with Crippen LogP contribution in [-0.2, 0) is 4.74 Å². The van der Waals surface area contributed by atoms with Crippen LogP contribution in [0.3, 0.4) is 0 Å². The zero-order valence-corrected chi connectivity index (χ0v) is 11.6. The van der Waals surface area contributed by atoms with Gasteiger partial charge in [0.25, 0.3) is 0 Å². The third-order valence-corrected chi connectivity index (χ3v) is 3.04.